The van der Waals surface area contributed by atoms with Crippen molar-refractivity contribution >= 4 is 12.1 Å². The summed E-state index contributed by atoms with van der Waals surface area (Å²) in [5.41, 5.74) is -1.65. The number of carbonyl (C=O) groups is 2. The van der Waals surface area contributed by atoms with Crippen molar-refractivity contribution < 1.29 is 24.2 Å². The number of ether oxygens (including phenoxy) is 2. The van der Waals surface area contributed by atoms with Crippen LogP contribution >= 0.6 is 0 Å². The van der Waals surface area contributed by atoms with Gasteiger partial charge in [0.15, 0.2) is 6.04 Å². The van der Waals surface area contributed by atoms with Crippen molar-refractivity contribution in [3.63, 3.8) is 0 Å². The van der Waals surface area contributed by atoms with E-state index >= 15 is 0 Å². The maximum atomic E-state index is 11.7. The highest BCUT2D eigenvalue weighted by Gasteiger charge is 2.42. The lowest BCUT2D eigenvalue weighted by atomic mass is 9.98. The Morgan fingerprint density at radius 3 is 2.11 bits per heavy atom. The summed E-state index contributed by atoms with van der Waals surface area (Å²) < 4.78 is 10.7. The molecule has 0 saturated heterocycles. The van der Waals surface area contributed by atoms with Crippen LogP contribution in [-0.4, -0.2) is 40.5 Å². The van der Waals surface area contributed by atoms with E-state index < -0.39 is 29.3 Å². The topological polar surface area (TPSA) is 84.9 Å². The van der Waals surface area contributed by atoms with Crippen LogP contribution in [0, 0.1) is 0 Å². The number of aliphatic carboxylic acids is 1. The summed E-state index contributed by atoms with van der Waals surface area (Å²) in [4.78, 5) is 23.0. The van der Waals surface area contributed by atoms with Crippen LogP contribution in [0.2, 0.25) is 0 Å². The van der Waals surface area contributed by atoms with Gasteiger partial charge >= 0.3 is 12.1 Å². The van der Waals surface area contributed by atoms with Crippen molar-refractivity contribution in [2.75, 3.05) is 0 Å². The van der Waals surface area contributed by atoms with Gasteiger partial charge in [-0.2, -0.15) is 0 Å². The molecule has 110 valence electrons. The Bertz CT molecular complexity index is 355. The van der Waals surface area contributed by atoms with E-state index in [1.54, 1.807) is 34.6 Å². The van der Waals surface area contributed by atoms with Gasteiger partial charge in [0.25, 0.3) is 0 Å². The first kappa shape index (κ1) is 15.8. The summed E-state index contributed by atoms with van der Waals surface area (Å²) in [6.45, 7) is 8.46. The van der Waals surface area contributed by atoms with Crippen molar-refractivity contribution in [2.45, 2.75) is 70.8 Å². The van der Waals surface area contributed by atoms with E-state index in [9.17, 15) is 14.7 Å². The Hall–Kier alpha value is -1.30. The van der Waals surface area contributed by atoms with Crippen molar-refractivity contribution in [3.8, 4) is 0 Å². The summed E-state index contributed by atoms with van der Waals surface area (Å²) in [7, 11) is 0. The minimum Gasteiger partial charge on any atom is -0.480 e. The van der Waals surface area contributed by atoms with E-state index in [-0.39, 0.29) is 6.10 Å². The number of carboxylic acids is 1. The molecule has 0 unspecified atom stereocenters. The Labute approximate surface area is 113 Å². The van der Waals surface area contributed by atoms with E-state index in [4.69, 9.17) is 9.47 Å². The third-order valence-corrected chi connectivity index (χ3v) is 2.60. The maximum Gasteiger partial charge on any atom is 0.408 e. The van der Waals surface area contributed by atoms with Crippen LogP contribution in [0.1, 0.15) is 47.5 Å². The first-order chi connectivity index (χ1) is 8.51. The highest BCUT2D eigenvalue weighted by molar-refractivity contribution is 5.81. The maximum absolute atomic E-state index is 11.7. The fourth-order valence-electron chi connectivity index (χ4n) is 1.64. The highest BCUT2D eigenvalue weighted by atomic mass is 16.6. The minimum absolute atomic E-state index is 0.0947. The quantitative estimate of drug-likeness (QED) is 0.799. The third-order valence-electron chi connectivity index (χ3n) is 2.60. The molecule has 1 aliphatic carbocycles. The molecule has 1 saturated carbocycles. The van der Waals surface area contributed by atoms with Gasteiger partial charge in [0.2, 0.25) is 0 Å². The smallest absolute Gasteiger partial charge is 0.408 e. The number of alkyl carbamates (subject to hydrolysis) is 1. The molecule has 0 radical (unpaired) electrons. The van der Waals surface area contributed by atoms with Gasteiger partial charge < -0.3 is 19.9 Å². The molecule has 6 nitrogen and oxygen atoms in total. The normalized spacial score (nSPS) is 17.7. The molecule has 1 aliphatic rings. The lowest BCUT2D eigenvalue weighted by molar-refractivity contribution is -0.149. The van der Waals surface area contributed by atoms with E-state index in [2.05, 4.69) is 5.32 Å². The van der Waals surface area contributed by atoms with Gasteiger partial charge in [-0.05, 0) is 47.5 Å². The molecule has 0 aliphatic heterocycles. The molecule has 1 fully saturated rings. The second-order valence-electron chi connectivity index (χ2n) is 6.34. The lowest BCUT2D eigenvalue weighted by Crippen LogP contribution is -2.56. The van der Waals surface area contributed by atoms with Crippen LogP contribution in [0.25, 0.3) is 0 Å². The van der Waals surface area contributed by atoms with Gasteiger partial charge in [0, 0.05) is 0 Å². The van der Waals surface area contributed by atoms with Crippen molar-refractivity contribution in [3.05, 3.63) is 0 Å². The molecule has 0 spiro atoms. The average Bonchev–Trinajstić information content (AvgIpc) is 2.93. The van der Waals surface area contributed by atoms with Crippen molar-refractivity contribution in [2.24, 2.45) is 0 Å². The predicted molar refractivity (Wildman–Crippen MR) is 69.0 cm³/mol. The van der Waals surface area contributed by atoms with Crippen LogP contribution in [0.4, 0.5) is 4.79 Å². The van der Waals surface area contributed by atoms with Crippen LogP contribution in [-0.2, 0) is 14.3 Å². The third kappa shape index (κ3) is 5.46. The Morgan fingerprint density at radius 2 is 1.74 bits per heavy atom. The first-order valence-electron chi connectivity index (χ1n) is 6.41. The Kier molecular flexibility index (Phi) is 4.45. The molecule has 6 heteroatoms. The highest BCUT2D eigenvalue weighted by Crippen LogP contribution is 2.30. The molecule has 1 amide bonds. The molecular formula is C13H23NO5. The van der Waals surface area contributed by atoms with Gasteiger partial charge in [-0.3, -0.25) is 0 Å². The molecule has 0 heterocycles. The second-order valence-corrected chi connectivity index (χ2v) is 6.34. The number of carbonyl (C=O) groups excluding carboxylic acids is 1. The molecule has 2 N–H and O–H groups in total. The Balaban J connectivity index is 2.66. The predicted octanol–water partition coefficient (Wildman–Crippen LogP) is 1.92. The number of carboxylic acid groups (broad SMARTS) is 1. The van der Waals surface area contributed by atoms with Crippen molar-refractivity contribution in [1.82, 2.24) is 5.32 Å². The number of hydrogen-bond acceptors (Lipinski definition) is 4. The summed E-state index contributed by atoms with van der Waals surface area (Å²) in [6.07, 6.45) is 1.20. The average molecular weight is 273 g/mol. The molecule has 0 aromatic heterocycles. The number of amides is 1. The van der Waals surface area contributed by atoms with Crippen molar-refractivity contribution in [1.29, 1.82) is 0 Å². The summed E-state index contributed by atoms with van der Waals surface area (Å²) >= 11 is 0. The summed E-state index contributed by atoms with van der Waals surface area (Å²) in [6, 6.07) is -1.15. The van der Waals surface area contributed by atoms with Gasteiger partial charge in [-0.15, -0.1) is 0 Å². The zero-order valence-corrected chi connectivity index (χ0v) is 12.1. The van der Waals surface area contributed by atoms with Crippen LogP contribution in [0.15, 0.2) is 0 Å². The van der Waals surface area contributed by atoms with Gasteiger partial charge in [0.1, 0.15) is 5.60 Å². The molecule has 1 rings (SSSR count). The number of hydrogen-bond donors (Lipinski definition) is 2. The van der Waals surface area contributed by atoms with Crippen LogP contribution in [0.3, 0.4) is 0 Å². The molecule has 0 bridgehead atoms. The lowest BCUT2D eigenvalue weighted by Gasteiger charge is -2.32. The molecule has 0 aromatic carbocycles. The monoisotopic (exact) mass is 273 g/mol. The molecule has 1 atom stereocenters. The van der Waals surface area contributed by atoms with Gasteiger partial charge in [-0.1, -0.05) is 0 Å². The standard InChI is InChI=1S/C13H23NO5/c1-12(2,3)19-11(17)14-9(10(15)16)13(4,5)18-8-6-7-8/h8-9H,6-7H2,1-5H3,(H,14,17)(H,15,16)/t9-/m1/s1. The summed E-state index contributed by atoms with van der Waals surface area (Å²) in [5.74, 6) is -1.14. The number of nitrogens with one attached hydrogen (secondary N) is 1. The van der Waals surface area contributed by atoms with Gasteiger partial charge in [-0.25, -0.2) is 9.59 Å². The molecular weight excluding hydrogens is 250 g/mol. The zero-order valence-electron chi connectivity index (χ0n) is 12.1. The zero-order chi connectivity index (χ0) is 14.8. The largest absolute Gasteiger partial charge is 0.480 e. The minimum atomic E-state index is -1.15. The SMILES string of the molecule is CC(C)(C)OC(=O)N[C@H](C(=O)O)C(C)(C)OC1CC1. The molecule has 0 aromatic rings. The van der Waals surface area contributed by atoms with E-state index in [1.807, 2.05) is 0 Å². The molecule has 19 heavy (non-hydrogen) atoms. The fraction of sp³-hybridized carbons (Fsp3) is 0.846. The van der Waals surface area contributed by atoms with E-state index in [0.717, 1.165) is 12.8 Å². The summed E-state index contributed by atoms with van der Waals surface area (Å²) in [5, 5.41) is 11.6. The fourth-order valence-corrected chi connectivity index (χ4v) is 1.64. The van der Waals surface area contributed by atoms with Crippen LogP contribution in [0.5, 0.6) is 0 Å². The van der Waals surface area contributed by atoms with E-state index in [0.29, 0.717) is 0 Å². The van der Waals surface area contributed by atoms with E-state index in [1.165, 1.54) is 0 Å². The first-order valence-corrected chi connectivity index (χ1v) is 6.41. The van der Waals surface area contributed by atoms with Gasteiger partial charge in [0.05, 0.1) is 11.7 Å². The van der Waals surface area contributed by atoms with Crippen LogP contribution < -0.4 is 5.32 Å². The second kappa shape index (κ2) is 5.36. The number of rotatable bonds is 5. The Morgan fingerprint density at radius 1 is 1.21 bits per heavy atom.